The summed E-state index contributed by atoms with van der Waals surface area (Å²) in [5.74, 6) is 0.422. The average molecular weight is 505 g/mol. The van der Waals surface area contributed by atoms with Crippen LogP contribution in [0.5, 0.6) is 0 Å². The summed E-state index contributed by atoms with van der Waals surface area (Å²) in [6.45, 7) is 2.03. The minimum Gasteiger partial charge on any atom is -0.324 e. The number of nitriles is 2. The van der Waals surface area contributed by atoms with Crippen LogP contribution < -0.4 is 5.32 Å². The molecular weight excluding hydrogens is 484 g/mol. The minimum atomic E-state index is -3.33. The lowest BCUT2D eigenvalue weighted by atomic mass is 9.89. The van der Waals surface area contributed by atoms with Gasteiger partial charge in [-0.2, -0.15) is 19.9 Å². The van der Waals surface area contributed by atoms with Crippen molar-refractivity contribution in [3.05, 3.63) is 53.7 Å². The van der Waals surface area contributed by atoms with Crippen molar-refractivity contribution in [1.82, 2.24) is 24.1 Å². The van der Waals surface area contributed by atoms with Crippen molar-refractivity contribution in [2.45, 2.75) is 18.9 Å². The highest BCUT2D eigenvalue weighted by atomic mass is 32.2. The van der Waals surface area contributed by atoms with Crippen molar-refractivity contribution in [2.24, 2.45) is 0 Å². The molecule has 1 aliphatic heterocycles. The van der Waals surface area contributed by atoms with Crippen LogP contribution in [0.4, 0.5) is 11.6 Å². The minimum absolute atomic E-state index is 0.0201. The standard InChI is InChI=1S/C23H20N8O2S2/c1-2-35(32,33)30-14-23(15-30,8-9-24)31-13-17(12-26-31)20-21-19(7-10-34-21)28-22(29-20)27-18-5-3-16(11-25)4-6-18/h3-7,10,12-13H,2,8,14-15H2,1H3,(H,27,28,29). The first-order valence-electron chi connectivity index (χ1n) is 10.8. The number of benzene rings is 1. The molecule has 4 heterocycles. The molecule has 1 saturated heterocycles. The second-order valence-electron chi connectivity index (χ2n) is 8.25. The van der Waals surface area contributed by atoms with Gasteiger partial charge in [0.15, 0.2) is 0 Å². The van der Waals surface area contributed by atoms with Crippen LogP contribution in [-0.4, -0.2) is 51.3 Å². The zero-order valence-electron chi connectivity index (χ0n) is 18.7. The van der Waals surface area contributed by atoms with Gasteiger partial charge in [-0.25, -0.2) is 18.4 Å². The van der Waals surface area contributed by atoms with Gasteiger partial charge in [0.25, 0.3) is 0 Å². The summed E-state index contributed by atoms with van der Waals surface area (Å²) in [7, 11) is -3.33. The Labute approximate surface area is 206 Å². The van der Waals surface area contributed by atoms with Gasteiger partial charge >= 0.3 is 0 Å². The first kappa shape index (κ1) is 22.9. The molecule has 0 saturated carbocycles. The fourth-order valence-electron chi connectivity index (χ4n) is 4.05. The van der Waals surface area contributed by atoms with Gasteiger partial charge in [0, 0.05) is 30.5 Å². The fourth-order valence-corrected chi connectivity index (χ4v) is 6.13. The normalized spacial score (nSPS) is 15.3. The molecule has 35 heavy (non-hydrogen) atoms. The summed E-state index contributed by atoms with van der Waals surface area (Å²) in [6, 6.07) is 13.2. The number of sulfonamides is 1. The zero-order chi connectivity index (χ0) is 24.6. The summed E-state index contributed by atoms with van der Waals surface area (Å²) < 4.78 is 28.5. The Morgan fingerprint density at radius 2 is 1.94 bits per heavy atom. The van der Waals surface area contributed by atoms with Crippen LogP contribution in [0.15, 0.2) is 48.1 Å². The van der Waals surface area contributed by atoms with Gasteiger partial charge in [0.2, 0.25) is 16.0 Å². The molecular formula is C23H20N8O2S2. The van der Waals surface area contributed by atoms with Crippen molar-refractivity contribution in [1.29, 1.82) is 10.5 Å². The average Bonchev–Trinajstić information content (AvgIpc) is 3.51. The molecule has 1 fully saturated rings. The quantitative estimate of drug-likeness (QED) is 0.403. The number of nitrogens with zero attached hydrogens (tertiary/aromatic N) is 7. The van der Waals surface area contributed by atoms with Crippen LogP contribution in [0.25, 0.3) is 21.5 Å². The highest BCUT2D eigenvalue weighted by molar-refractivity contribution is 7.89. The van der Waals surface area contributed by atoms with Crippen LogP contribution in [0.3, 0.4) is 0 Å². The maximum Gasteiger partial charge on any atom is 0.228 e. The topological polar surface area (TPSA) is 141 Å². The summed E-state index contributed by atoms with van der Waals surface area (Å²) in [5, 5.41) is 28.1. The largest absolute Gasteiger partial charge is 0.324 e. The predicted octanol–water partition coefficient (Wildman–Crippen LogP) is 3.44. The van der Waals surface area contributed by atoms with E-state index >= 15 is 0 Å². The van der Waals surface area contributed by atoms with Crippen molar-refractivity contribution >= 4 is 43.2 Å². The van der Waals surface area contributed by atoms with E-state index in [-0.39, 0.29) is 25.3 Å². The van der Waals surface area contributed by atoms with Crippen LogP contribution in [0, 0.1) is 22.7 Å². The third kappa shape index (κ3) is 4.12. The Bertz CT molecular complexity index is 1590. The molecule has 1 aliphatic rings. The molecule has 10 nitrogen and oxygen atoms in total. The molecule has 5 rings (SSSR count). The molecule has 1 aromatic carbocycles. The maximum absolute atomic E-state index is 12.2. The van der Waals surface area contributed by atoms with Gasteiger partial charge in [-0.15, -0.1) is 11.3 Å². The molecule has 176 valence electrons. The molecule has 0 spiro atoms. The van der Waals surface area contributed by atoms with E-state index in [1.54, 1.807) is 42.1 Å². The number of hydrogen-bond donors (Lipinski definition) is 1. The predicted molar refractivity (Wildman–Crippen MR) is 132 cm³/mol. The van der Waals surface area contributed by atoms with E-state index in [1.165, 1.54) is 15.6 Å². The lowest BCUT2D eigenvalue weighted by molar-refractivity contribution is 0.0719. The number of thiophene rings is 1. The molecule has 0 atom stereocenters. The van der Waals surface area contributed by atoms with E-state index in [1.807, 2.05) is 17.6 Å². The Kier molecular flexibility index (Phi) is 5.73. The first-order chi connectivity index (χ1) is 16.9. The van der Waals surface area contributed by atoms with Gasteiger partial charge in [0.1, 0.15) is 5.54 Å². The van der Waals surface area contributed by atoms with E-state index in [0.29, 0.717) is 17.2 Å². The number of anilines is 2. The number of nitrogens with one attached hydrogen (secondary N) is 1. The van der Waals surface area contributed by atoms with E-state index in [9.17, 15) is 13.7 Å². The van der Waals surface area contributed by atoms with Crippen molar-refractivity contribution in [2.75, 3.05) is 24.2 Å². The van der Waals surface area contributed by atoms with E-state index in [0.717, 1.165) is 21.5 Å². The summed E-state index contributed by atoms with van der Waals surface area (Å²) in [5.41, 5.74) is 2.82. The maximum atomic E-state index is 12.2. The van der Waals surface area contributed by atoms with Crippen LogP contribution >= 0.6 is 11.3 Å². The van der Waals surface area contributed by atoms with Crippen molar-refractivity contribution < 1.29 is 8.42 Å². The Balaban J connectivity index is 1.48. The highest BCUT2D eigenvalue weighted by Gasteiger charge is 2.49. The van der Waals surface area contributed by atoms with Crippen molar-refractivity contribution in [3.63, 3.8) is 0 Å². The van der Waals surface area contributed by atoms with E-state index < -0.39 is 15.6 Å². The van der Waals surface area contributed by atoms with Gasteiger partial charge < -0.3 is 5.32 Å². The zero-order valence-corrected chi connectivity index (χ0v) is 20.3. The molecule has 12 heteroatoms. The van der Waals surface area contributed by atoms with Gasteiger partial charge in [-0.1, -0.05) is 0 Å². The second kappa shape index (κ2) is 8.74. The van der Waals surface area contributed by atoms with Gasteiger partial charge in [-0.05, 0) is 42.6 Å². The molecule has 0 aliphatic carbocycles. The summed E-state index contributed by atoms with van der Waals surface area (Å²) >= 11 is 1.52. The van der Waals surface area contributed by atoms with Gasteiger partial charge in [-0.3, -0.25) is 4.68 Å². The number of aromatic nitrogens is 4. The van der Waals surface area contributed by atoms with Crippen LogP contribution in [0.1, 0.15) is 18.9 Å². The summed E-state index contributed by atoms with van der Waals surface area (Å²) in [4.78, 5) is 9.33. The number of hydrogen-bond acceptors (Lipinski definition) is 9. The summed E-state index contributed by atoms with van der Waals surface area (Å²) in [6.07, 6.45) is 3.65. The third-order valence-electron chi connectivity index (χ3n) is 6.02. The Morgan fingerprint density at radius 3 is 2.63 bits per heavy atom. The monoisotopic (exact) mass is 504 g/mol. The van der Waals surface area contributed by atoms with Crippen LogP contribution in [-0.2, 0) is 15.6 Å². The number of rotatable bonds is 7. The SMILES string of the molecule is CCS(=O)(=O)N1CC(CC#N)(n2cc(-c3nc(Nc4ccc(C#N)cc4)nc4ccsc34)cn2)C1. The number of fused-ring (bicyclic) bond motifs is 1. The fraction of sp³-hybridized carbons (Fsp3) is 0.261. The molecule has 4 aromatic rings. The Morgan fingerprint density at radius 1 is 1.17 bits per heavy atom. The molecule has 0 amide bonds. The smallest absolute Gasteiger partial charge is 0.228 e. The lowest BCUT2D eigenvalue weighted by Gasteiger charge is -2.47. The molecule has 0 radical (unpaired) electrons. The highest BCUT2D eigenvalue weighted by Crippen LogP contribution is 2.37. The first-order valence-corrected chi connectivity index (χ1v) is 13.3. The third-order valence-corrected chi connectivity index (χ3v) is 8.71. The Hall–Kier alpha value is -3.84. The molecule has 0 unspecified atom stereocenters. The second-order valence-corrected chi connectivity index (χ2v) is 11.4. The van der Waals surface area contributed by atoms with Gasteiger partial charge in [0.05, 0.1) is 52.0 Å². The molecule has 0 bridgehead atoms. The molecule has 3 aromatic heterocycles. The van der Waals surface area contributed by atoms with E-state index in [2.05, 4.69) is 27.5 Å². The molecule has 1 N–H and O–H groups in total. The van der Waals surface area contributed by atoms with Crippen molar-refractivity contribution in [3.8, 4) is 23.4 Å². The van der Waals surface area contributed by atoms with E-state index in [4.69, 9.17) is 10.2 Å². The lowest BCUT2D eigenvalue weighted by Crippen LogP contribution is -2.64. The van der Waals surface area contributed by atoms with Crippen LogP contribution in [0.2, 0.25) is 0 Å².